The molecule has 7 nitrogen and oxygen atoms in total. The van der Waals surface area contributed by atoms with Crippen LogP contribution in [0.15, 0.2) is 33.8 Å². The SMILES string of the molecule is CCOCCOCc1cccc(CNC(=NC)NCc2c(CC)noc2CC)c1.I. The molecular formula is C22H35IN4O3. The van der Waals surface area contributed by atoms with E-state index in [4.69, 9.17) is 14.0 Å². The Balaban J connectivity index is 0.00000450. The number of rotatable bonds is 12. The Labute approximate surface area is 197 Å². The van der Waals surface area contributed by atoms with Crippen LogP contribution in [-0.4, -0.2) is 38.0 Å². The largest absolute Gasteiger partial charge is 0.379 e. The molecule has 0 saturated heterocycles. The number of hydrogen-bond donors (Lipinski definition) is 2. The van der Waals surface area contributed by atoms with Gasteiger partial charge < -0.3 is 24.6 Å². The summed E-state index contributed by atoms with van der Waals surface area (Å²) in [5.41, 5.74) is 4.45. The lowest BCUT2D eigenvalue weighted by Gasteiger charge is -2.13. The van der Waals surface area contributed by atoms with Gasteiger partial charge in [-0.3, -0.25) is 4.99 Å². The van der Waals surface area contributed by atoms with Crippen LogP contribution in [0.1, 0.15) is 48.9 Å². The van der Waals surface area contributed by atoms with Crippen molar-refractivity contribution in [3.8, 4) is 0 Å². The average Bonchev–Trinajstić information content (AvgIpc) is 3.16. The van der Waals surface area contributed by atoms with Crippen molar-refractivity contribution in [3.63, 3.8) is 0 Å². The third-order valence-corrected chi connectivity index (χ3v) is 4.56. The molecule has 1 aromatic heterocycles. The number of nitrogens with one attached hydrogen (secondary N) is 2. The standard InChI is InChI=1S/C22H34N4O3.HI/c1-5-20-19(21(6-2)29-26-20)15-25-22(23-4)24-14-17-9-8-10-18(13-17)16-28-12-11-27-7-3;/h8-10,13H,5-7,11-12,14-16H2,1-4H3,(H2,23,24,25);1H. The van der Waals surface area contributed by atoms with Gasteiger partial charge in [-0.2, -0.15) is 0 Å². The monoisotopic (exact) mass is 530 g/mol. The van der Waals surface area contributed by atoms with Crippen LogP contribution in [0.3, 0.4) is 0 Å². The Morgan fingerprint density at radius 2 is 1.77 bits per heavy atom. The molecule has 2 N–H and O–H groups in total. The van der Waals surface area contributed by atoms with Crippen molar-refractivity contribution in [3.05, 3.63) is 52.4 Å². The van der Waals surface area contributed by atoms with Crippen LogP contribution in [0.5, 0.6) is 0 Å². The van der Waals surface area contributed by atoms with Crippen molar-refractivity contribution >= 4 is 29.9 Å². The first-order chi connectivity index (χ1) is 14.2. The summed E-state index contributed by atoms with van der Waals surface area (Å²) in [7, 11) is 1.77. The molecule has 0 saturated carbocycles. The van der Waals surface area contributed by atoms with Crippen LogP contribution in [0, 0.1) is 0 Å². The molecule has 0 atom stereocenters. The third kappa shape index (κ3) is 8.61. The highest BCUT2D eigenvalue weighted by atomic mass is 127. The fraction of sp³-hybridized carbons (Fsp3) is 0.545. The predicted octanol–water partition coefficient (Wildman–Crippen LogP) is 3.84. The zero-order chi connectivity index (χ0) is 20.9. The van der Waals surface area contributed by atoms with E-state index in [1.165, 1.54) is 5.56 Å². The molecule has 0 aliphatic rings. The first kappa shape index (κ1) is 26.4. The molecule has 2 aromatic rings. The molecule has 0 radical (unpaired) electrons. The lowest BCUT2D eigenvalue weighted by Crippen LogP contribution is -2.36. The molecule has 0 unspecified atom stereocenters. The summed E-state index contributed by atoms with van der Waals surface area (Å²) in [6.45, 7) is 10.0. The van der Waals surface area contributed by atoms with E-state index >= 15 is 0 Å². The topological polar surface area (TPSA) is 80.9 Å². The predicted molar refractivity (Wildman–Crippen MR) is 130 cm³/mol. The van der Waals surface area contributed by atoms with Crippen molar-refractivity contribution in [2.24, 2.45) is 4.99 Å². The smallest absolute Gasteiger partial charge is 0.191 e. The minimum absolute atomic E-state index is 0. The van der Waals surface area contributed by atoms with Gasteiger partial charge in [0.1, 0.15) is 5.76 Å². The fourth-order valence-electron chi connectivity index (χ4n) is 3.00. The van der Waals surface area contributed by atoms with Gasteiger partial charge in [-0.15, -0.1) is 24.0 Å². The Morgan fingerprint density at radius 3 is 2.47 bits per heavy atom. The molecule has 0 aliphatic heterocycles. The van der Waals surface area contributed by atoms with Gasteiger partial charge in [0.2, 0.25) is 0 Å². The van der Waals surface area contributed by atoms with Crippen LogP contribution in [0.2, 0.25) is 0 Å². The van der Waals surface area contributed by atoms with Crippen molar-refractivity contribution in [1.82, 2.24) is 15.8 Å². The van der Waals surface area contributed by atoms with E-state index in [0.717, 1.165) is 48.0 Å². The van der Waals surface area contributed by atoms with E-state index in [2.05, 4.69) is 52.8 Å². The second kappa shape index (κ2) is 15.2. The van der Waals surface area contributed by atoms with E-state index in [-0.39, 0.29) is 24.0 Å². The summed E-state index contributed by atoms with van der Waals surface area (Å²) < 4.78 is 16.4. The Bertz CT molecular complexity index is 743. The Kier molecular flexibility index (Phi) is 13.4. The number of nitrogens with zero attached hydrogens (tertiary/aromatic N) is 2. The van der Waals surface area contributed by atoms with Gasteiger partial charge in [0, 0.05) is 38.7 Å². The van der Waals surface area contributed by atoms with Gasteiger partial charge in [0.05, 0.1) is 25.5 Å². The normalized spacial score (nSPS) is 11.3. The number of halogens is 1. The van der Waals surface area contributed by atoms with Crippen molar-refractivity contribution < 1.29 is 14.0 Å². The van der Waals surface area contributed by atoms with Crippen LogP contribution in [0.25, 0.3) is 0 Å². The maximum Gasteiger partial charge on any atom is 0.191 e. The minimum atomic E-state index is 0. The number of aryl methyl sites for hydroxylation is 2. The molecule has 0 bridgehead atoms. The number of guanidine groups is 1. The number of hydrogen-bond acceptors (Lipinski definition) is 5. The van der Waals surface area contributed by atoms with E-state index in [0.29, 0.717) is 32.9 Å². The molecule has 0 aliphatic carbocycles. The summed E-state index contributed by atoms with van der Waals surface area (Å²) in [5, 5.41) is 10.9. The van der Waals surface area contributed by atoms with Crippen LogP contribution < -0.4 is 10.6 Å². The second-order valence-corrected chi connectivity index (χ2v) is 6.59. The van der Waals surface area contributed by atoms with Crippen molar-refractivity contribution in [2.45, 2.75) is 53.3 Å². The summed E-state index contributed by atoms with van der Waals surface area (Å²) in [4.78, 5) is 4.32. The maximum atomic E-state index is 5.65. The highest BCUT2D eigenvalue weighted by Crippen LogP contribution is 2.15. The molecule has 30 heavy (non-hydrogen) atoms. The summed E-state index contributed by atoms with van der Waals surface area (Å²) in [5.74, 6) is 1.68. The van der Waals surface area contributed by atoms with Crippen LogP contribution in [-0.2, 0) is 42.0 Å². The van der Waals surface area contributed by atoms with Gasteiger partial charge in [-0.05, 0) is 24.5 Å². The zero-order valence-corrected chi connectivity index (χ0v) is 20.8. The van der Waals surface area contributed by atoms with E-state index in [1.807, 2.05) is 13.0 Å². The molecule has 8 heteroatoms. The highest BCUT2D eigenvalue weighted by Gasteiger charge is 2.13. The first-order valence-corrected chi connectivity index (χ1v) is 10.4. The molecule has 2 rings (SSSR count). The number of aromatic nitrogens is 1. The molecule has 168 valence electrons. The molecule has 0 fully saturated rings. The highest BCUT2D eigenvalue weighted by molar-refractivity contribution is 14.0. The second-order valence-electron chi connectivity index (χ2n) is 6.59. The minimum Gasteiger partial charge on any atom is -0.379 e. The zero-order valence-electron chi connectivity index (χ0n) is 18.5. The average molecular weight is 530 g/mol. The van der Waals surface area contributed by atoms with E-state index < -0.39 is 0 Å². The van der Waals surface area contributed by atoms with Gasteiger partial charge in [-0.25, -0.2) is 0 Å². The number of benzene rings is 1. The van der Waals surface area contributed by atoms with E-state index in [1.54, 1.807) is 7.05 Å². The Hall–Kier alpha value is -1.65. The molecular weight excluding hydrogens is 495 g/mol. The molecule has 1 aromatic carbocycles. The first-order valence-electron chi connectivity index (χ1n) is 10.4. The molecule has 1 heterocycles. The van der Waals surface area contributed by atoms with Crippen LogP contribution in [0.4, 0.5) is 0 Å². The van der Waals surface area contributed by atoms with Crippen molar-refractivity contribution in [2.75, 3.05) is 26.9 Å². The number of aliphatic imine (C=N–C) groups is 1. The summed E-state index contributed by atoms with van der Waals surface area (Å²) in [6.07, 6.45) is 1.68. The lowest BCUT2D eigenvalue weighted by molar-refractivity contribution is 0.0453. The molecule has 0 amide bonds. The van der Waals surface area contributed by atoms with Gasteiger partial charge in [-0.1, -0.05) is 43.3 Å². The fourth-order valence-corrected chi connectivity index (χ4v) is 3.00. The summed E-state index contributed by atoms with van der Waals surface area (Å²) >= 11 is 0. The quantitative estimate of drug-likeness (QED) is 0.188. The van der Waals surface area contributed by atoms with Gasteiger partial charge in [0.25, 0.3) is 0 Å². The Morgan fingerprint density at radius 1 is 1.03 bits per heavy atom. The van der Waals surface area contributed by atoms with E-state index in [9.17, 15) is 0 Å². The molecule has 0 spiro atoms. The van der Waals surface area contributed by atoms with Crippen molar-refractivity contribution in [1.29, 1.82) is 0 Å². The number of ether oxygens (including phenoxy) is 2. The van der Waals surface area contributed by atoms with Gasteiger partial charge in [0.15, 0.2) is 5.96 Å². The summed E-state index contributed by atoms with van der Waals surface area (Å²) in [6, 6.07) is 8.36. The van der Waals surface area contributed by atoms with Gasteiger partial charge >= 0.3 is 0 Å². The lowest BCUT2D eigenvalue weighted by atomic mass is 10.1. The maximum absolute atomic E-state index is 5.65. The van der Waals surface area contributed by atoms with Crippen LogP contribution >= 0.6 is 24.0 Å². The third-order valence-electron chi connectivity index (χ3n) is 4.56.